The molecule has 0 aliphatic rings. The zero-order chi connectivity index (χ0) is 13.2. The van der Waals surface area contributed by atoms with Crippen molar-refractivity contribution >= 4 is 21.9 Å². The Bertz CT molecular complexity index is 452. The van der Waals surface area contributed by atoms with Crippen LogP contribution in [0.15, 0.2) is 10.5 Å². The van der Waals surface area contributed by atoms with E-state index in [-0.39, 0.29) is 22.9 Å². The van der Waals surface area contributed by atoms with Gasteiger partial charge in [-0.1, -0.05) is 0 Å². The van der Waals surface area contributed by atoms with Gasteiger partial charge >= 0.3 is 5.97 Å². The minimum atomic E-state index is -1.04. The van der Waals surface area contributed by atoms with E-state index in [4.69, 9.17) is 15.9 Å². The molecule has 1 unspecified atom stereocenters. The van der Waals surface area contributed by atoms with Gasteiger partial charge in [0.25, 0.3) is 0 Å². The van der Waals surface area contributed by atoms with E-state index in [0.29, 0.717) is 0 Å². The number of hydrogen-bond acceptors (Lipinski definition) is 4. The molecule has 1 aromatic rings. The average Bonchev–Trinajstić information content (AvgIpc) is 2.23. The maximum atomic E-state index is 13.5. The van der Waals surface area contributed by atoms with Crippen molar-refractivity contribution in [2.45, 2.75) is 18.9 Å². The number of phenols is 2. The van der Waals surface area contributed by atoms with Crippen molar-refractivity contribution in [1.82, 2.24) is 0 Å². The van der Waals surface area contributed by atoms with Gasteiger partial charge in [-0.15, -0.1) is 0 Å². The molecule has 0 fully saturated rings. The molecule has 0 radical (unpaired) electrons. The minimum Gasteiger partial charge on any atom is -0.504 e. The number of carboxylic acid groups (broad SMARTS) is 1. The fraction of sp³-hybridized carbons (Fsp3) is 0.300. The number of phenolic OH excluding ortho intramolecular Hbond substituents is 2. The second kappa shape index (κ2) is 5.33. The number of rotatable bonds is 4. The lowest BCUT2D eigenvalue weighted by Gasteiger charge is -2.15. The summed E-state index contributed by atoms with van der Waals surface area (Å²) in [6.45, 7) is 0. The molecule has 7 heteroatoms. The van der Waals surface area contributed by atoms with Crippen molar-refractivity contribution in [1.29, 1.82) is 0 Å². The molecule has 0 saturated carbocycles. The van der Waals surface area contributed by atoms with Crippen LogP contribution >= 0.6 is 15.9 Å². The summed E-state index contributed by atoms with van der Waals surface area (Å²) in [7, 11) is 0. The zero-order valence-corrected chi connectivity index (χ0v) is 10.2. The van der Waals surface area contributed by atoms with Gasteiger partial charge in [0.2, 0.25) is 0 Å². The lowest BCUT2D eigenvalue weighted by Crippen LogP contribution is -2.14. The Hall–Kier alpha value is -1.34. The van der Waals surface area contributed by atoms with Crippen LogP contribution in [0.2, 0.25) is 0 Å². The van der Waals surface area contributed by atoms with Crippen LogP contribution in [0.5, 0.6) is 11.5 Å². The molecule has 0 aromatic heterocycles. The molecule has 0 aliphatic heterocycles. The second-order valence-corrected chi connectivity index (χ2v) is 4.29. The molecule has 1 aromatic carbocycles. The van der Waals surface area contributed by atoms with Gasteiger partial charge in [0.05, 0.1) is 4.47 Å². The number of halogens is 2. The van der Waals surface area contributed by atoms with Crippen LogP contribution in [0.3, 0.4) is 0 Å². The molecule has 94 valence electrons. The standard InChI is InChI=1S/C10H11BrFNO4/c11-9-8(5(13)1-2-7(15)16)4(12)3-6(14)10(9)17/h3,5,14,17H,1-2,13H2,(H,15,16). The maximum Gasteiger partial charge on any atom is 0.303 e. The first-order chi connectivity index (χ1) is 7.84. The van der Waals surface area contributed by atoms with Crippen LogP contribution in [0.1, 0.15) is 24.4 Å². The molecular formula is C10H11BrFNO4. The summed E-state index contributed by atoms with van der Waals surface area (Å²) >= 11 is 2.91. The highest BCUT2D eigenvalue weighted by Gasteiger charge is 2.21. The normalized spacial score (nSPS) is 12.4. The molecule has 0 aliphatic carbocycles. The largest absolute Gasteiger partial charge is 0.504 e. The molecule has 0 spiro atoms. The van der Waals surface area contributed by atoms with Gasteiger partial charge in [-0.05, 0) is 22.4 Å². The number of aromatic hydroxyl groups is 2. The van der Waals surface area contributed by atoms with Crippen LogP contribution in [0, 0.1) is 5.82 Å². The van der Waals surface area contributed by atoms with Gasteiger partial charge in [0.15, 0.2) is 11.5 Å². The second-order valence-electron chi connectivity index (χ2n) is 3.49. The lowest BCUT2D eigenvalue weighted by molar-refractivity contribution is -0.137. The number of carboxylic acids is 1. The van der Waals surface area contributed by atoms with Crippen molar-refractivity contribution in [3.8, 4) is 11.5 Å². The highest BCUT2D eigenvalue weighted by Crippen LogP contribution is 2.40. The fourth-order valence-electron chi connectivity index (χ4n) is 1.37. The number of carbonyl (C=O) groups is 1. The van der Waals surface area contributed by atoms with Gasteiger partial charge in [0, 0.05) is 24.1 Å². The van der Waals surface area contributed by atoms with Crippen molar-refractivity contribution in [3.05, 3.63) is 21.9 Å². The SMILES string of the molecule is NC(CCC(=O)O)c1c(F)cc(O)c(O)c1Br. The van der Waals surface area contributed by atoms with Crippen LogP contribution in [0.25, 0.3) is 0 Å². The summed E-state index contributed by atoms with van der Waals surface area (Å²) in [6, 6.07) is -0.150. The monoisotopic (exact) mass is 307 g/mol. The van der Waals surface area contributed by atoms with Crippen LogP contribution in [-0.4, -0.2) is 21.3 Å². The van der Waals surface area contributed by atoms with Crippen molar-refractivity contribution in [2.75, 3.05) is 0 Å². The van der Waals surface area contributed by atoms with Crippen LogP contribution < -0.4 is 5.73 Å². The van der Waals surface area contributed by atoms with E-state index >= 15 is 0 Å². The summed E-state index contributed by atoms with van der Waals surface area (Å²) in [6.07, 6.45) is -0.191. The predicted octanol–water partition coefficient (Wildman–Crippen LogP) is 1.86. The Kier molecular flexibility index (Phi) is 4.30. The Morgan fingerprint density at radius 3 is 2.65 bits per heavy atom. The fourth-order valence-corrected chi connectivity index (χ4v) is 2.06. The van der Waals surface area contributed by atoms with E-state index in [1.165, 1.54) is 0 Å². The van der Waals surface area contributed by atoms with Crippen molar-refractivity contribution < 1.29 is 24.5 Å². The molecule has 0 heterocycles. The minimum absolute atomic E-state index is 0.0229. The van der Waals surface area contributed by atoms with E-state index in [9.17, 15) is 14.3 Å². The quantitative estimate of drug-likeness (QED) is 0.636. The zero-order valence-electron chi connectivity index (χ0n) is 8.65. The highest BCUT2D eigenvalue weighted by atomic mass is 79.9. The molecular weight excluding hydrogens is 297 g/mol. The van der Waals surface area contributed by atoms with Crippen molar-refractivity contribution in [3.63, 3.8) is 0 Å². The van der Waals surface area contributed by atoms with E-state index in [0.717, 1.165) is 6.07 Å². The summed E-state index contributed by atoms with van der Waals surface area (Å²) < 4.78 is 13.5. The Morgan fingerprint density at radius 2 is 2.12 bits per heavy atom. The topological polar surface area (TPSA) is 104 Å². The van der Waals surface area contributed by atoms with Gasteiger partial charge in [-0.25, -0.2) is 4.39 Å². The van der Waals surface area contributed by atoms with Crippen LogP contribution in [-0.2, 0) is 4.79 Å². The van der Waals surface area contributed by atoms with E-state index in [1.54, 1.807) is 0 Å². The number of aliphatic carboxylic acids is 1. The summed E-state index contributed by atoms with van der Waals surface area (Å²) in [5.74, 6) is -2.97. The molecule has 1 atom stereocenters. The third kappa shape index (κ3) is 3.07. The number of benzene rings is 1. The Morgan fingerprint density at radius 1 is 1.53 bits per heavy atom. The lowest BCUT2D eigenvalue weighted by atomic mass is 10.0. The Labute approximate surface area is 105 Å². The first kappa shape index (κ1) is 13.7. The van der Waals surface area contributed by atoms with Crippen LogP contribution in [0.4, 0.5) is 4.39 Å². The molecule has 5 N–H and O–H groups in total. The molecule has 17 heavy (non-hydrogen) atoms. The predicted molar refractivity (Wildman–Crippen MR) is 61.2 cm³/mol. The van der Waals surface area contributed by atoms with Crippen molar-refractivity contribution in [2.24, 2.45) is 5.73 Å². The maximum absolute atomic E-state index is 13.5. The molecule has 0 bridgehead atoms. The third-order valence-electron chi connectivity index (χ3n) is 2.25. The first-order valence-electron chi connectivity index (χ1n) is 4.71. The summed E-state index contributed by atoms with van der Waals surface area (Å²) in [5.41, 5.74) is 5.58. The number of hydrogen-bond donors (Lipinski definition) is 4. The van der Waals surface area contributed by atoms with E-state index < -0.39 is 29.3 Å². The average molecular weight is 308 g/mol. The molecule has 5 nitrogen and oxygen atoms in total. The van der Waals surface area contributed by atoms with Gasteiger partial charge in [-0.3, -0.25) is 4.79 Å². The van der Waals surface area contributed by atoms with Gasteiger partial charge < -0.3 is 21.1 Å². The molecule has 0 saturated heterocycles. The number of nitrogens with two attached hydrogens (primary N) is 1. The third-order valence-corrected chi connectivity index (χ3v) is 3.05. The summed E-state index contributed by atoms with van der Waals surface area (Å²) in [5, 5.41) is 27.0. The first-order valence-corrected chi connectivity index (χ1v) is 5.51. The van der Waals surface area contributed by atoms with Gasteiger partial charge in [-0.2, -0.15) is 0 Å². The molecule has 0 amide bonds. The Balaban J connectivity index is 3.05. The van der Waals surface area contributed by atoms with Gasteiger partial charge in [0.1, 0.15) is 5.82 Å². The molecule has 1 rings (SSSR count). The van der Waals surface area contributed by atoms with E-state index in [1.807, 2.05) is 0 Å². The highest BCUT2D eigenvalue weighted by molar-refractivity contribution is 9.10. The smallest absolute Gasteiger partial charge is 0.303 e. The summed E-state index contributed by atoms with van der Waals surface area (Å²) in [4.78, 5) is 10.4. The van der Waals surface area contributed by atoms with E-state index in [2.05, 4.69) is 15.9 Å².